The number of aryl methyl sites for hydroxylation is 1. The molecule has 1 unspecified atom stereocenters. The van der Waals surface area contributed by atoms with Crippen LogP contribution in [0.4, 0.5) is 15.2 Å². The molecule has 1 fully saturated rings. The number of ether oxygens (including phenoxy) is 1. The molecule has 1 atom stereocenters. The Balaban J connectivity index is 0.000000689. The first-order chi connectivity index (χ1) is 18.4. The number of aliphatic hydroxyl groups excluding tert-OH is 1. The van der Waals surface area contributed by atoms with Crippen molar-refractivity contribution in [1.29, 1.82) is 5.26 Å². The van der Waals surface area contributed by atoms with E-state index in [1.165, 1.54) is 19.0 Å². The number of aliphatic hydroxyl groups is 1. The van der Waals surface area contributed by atoms with Gasteiger partial charge in [-0.25, -0.2) is 9.37 Å². The molecule has 198 valence electrons. The van der Waals surface area contributed by atoms with E-state index >= 15 is 0 Å². The monoisotopic (exact) mass is 533 g/mol. The third-order valence-corrected chi connectivity index (χ3v) is 8.37. The van der Waals surface area contributed by atoms with E-state index in [9.17, 15) is 14.8 Å². The van der Waals surface area contributed by atoms with Gasteiger partial charge >= 0.3 is 0 Å². The van der Waals surface area contributed by atoms with E-state index in [2.05, 4.69) is 42.8 Å². The quantitative estimate of drug-likeness (QED) is 0.327. The normalized spacial score (nSPS) is 16.5. The second kappa shape index (κ2) is 10.8. The van der Waals surface area contributed by atoms with Crippen molar-refractivity contribution in [2.45, 2.75) is 65.8 Å². The number of pyridine rings is 2. The van der Waals surface area contributed by atoms with E-state index in [-0.39, 0.29) is 16.7 Å². The highest BCUT2D eigenvalue weighted by molar-refractivity contribution is 7.23. The second-order valence-electron chi connectivity index (χ2n) is 9.72. The van der Waals surface area contributed by atoms with Gasteiger partial charge in [0, 0.05) is 29.4 Å². The van der Waals surface area contributed by atoms with Gasteiger partial charge in [0.05, 0.1) is 47.0 Å². The number of thiophene rings is 1. The van der Waals surface area contributed by atoms with Crippen molar-refractivity contribution < 1.29 is 14.2 Å². The van der Waals surface area contributed by atoms with Crippen LogP contribution in [0.3, 0.4) is 0 Å². The maximum atomic E-state index is 14.7. The van der Waals surface area contributed by atoms with E-state index in [1.807, 2.05) is 6.07 Å². The van der Waals surface area contributed by atoms with Gasteiger partial charge in [-0.3, -0.25) is 4.98 Å². The lowest BCUT2D eigenvalue weighted by Gasteiger charge is -2.21. The van der Waals surface area contributed by atoms with Crippen LogP contribution in [0, 0.1) is 17.1 Å². The average Bonchev–Trinajstić information content (AvgIpc) is 3.67. The molecular weight excluding hydrogens is 501 g/mol. The van der Waals surface area contributed by atoms with Gasteiger partial charge in [0.25, 0.3) is 0 Å². The fourth-order valence-corrected chi connectivity index (χ4v) is 6.18. The molecule has 2 aliphatic rings. The summed E-state index contributed by atoms with van der Waals surface area (Å²) in [5.74, 6) is 0.329. The number of benzene rings is 1. The number of nitrogens with two attached hydrogens (primary N) is 1. The van der Waals surface area contributed by atoms with Gasteiger partial charge in [0.15, 0.2) is 5.82 Å². The Labute approximate surface area is 225 Å². The Morgan fingerprint density at radius 1 is 1.24 bits per heavy atom. The van der Waals surface area contributed by atoms with Crippen molar-refractivity contribution in [3.63, 3.8) is 0 Å². The molecule has 3 aromatic heterocycles. The number of nitrogen functional groups attached to an aromatic ring is 1. The zero-order valence-corrected chi connectivity index (χ0v) is 22.8. The minimum absolute atomic E-state index is 0.254. The highest BCUT2D eigenvalue weighted by Gasteiger charge is 2.29. The standard InChI is InChI=1S/C25H22FN5O2S.C4H10/c1-2-13-20(23-21-15(7-27)25(28)34-24(21)18(26)8-29-23)17-11-33-10-16(17)14-3-4-19(30-22(13)14)31-6-5-12(32)9-31;1-3-4-2/h3-4,8,12,32H,2,5-6,9-11,28H2,1H3;3-4H2,1-2H3. The maximum Gasteiger partial charge on any atom is 0.159 e. The summed E-state index contributed by atoms with van der Waals surface area (Å²) in [6, 6.07) is 6.23. The summed E-state index contributed by atoms with van der Waals surface area (Å²) < 4.78 is 20.9. The number of β-amino-alcohol motifs (C(OH)–C–C–N with tert-alkyl or cyclic N) is 1. The smallest absolute Gasteiger partial charge is 0.159 e. The highest BCUT2D eigenvalue weighted by Crippen LogP contribution is 2.46. The third-order valence-electron chi connectivity index (χ3n) is 7.34. The molecule has 9 heteroatoms. The molecule has 2 aliphatic heterocycles. The van der Waals surface area contributed by atoms with E-state index in [1.54, 1.807) is 0 Å². The number of halogens is 1. The predicted octanol–water partition coefficient (Wildman–Crippen LogP) is 6.07. The Morgan fingerprint density at radius 3 is 2.66 bits per heavy atom. The van der Waals surface area contributed by atoms with Gasteiger partial charge in [0.1, 0.15) is 16.9 Å². The van der Waals surface area contributed by atoms with Crippen molar-refractivity contribution in [2.75, 3.05) is 23.7 Å². The van der Waals surface area contributed by atoms with E-state index in [4.69, 9.17) is 15.5 Å². The zero-order chi connectivity index (χ0) is 27.0. The lowest BCUT2D eigenvalue weighted by atomic mass is 9.88. The summed E-state index contributed by atoms with van der Waals surface area (Å²) in [4.78, 5) is 11.6. The summed E-state index contributed by atoms with van der Waals surface area (Å²) in [6.07, 6.45) is 4.88. The molecule has 6 rings (SSSR count). The van der Waals surface area contributed by atoms with Gasteiger partial charge < -0.3 is 20.5 Å². The van der Waals surface area contributed by atoms with Crippen LogP contribution < -0.4 is 10.6 Å². The molecule has 0 bridgehead atoms. The minimum Gasteiger partial charge on any atom is -0.391 e. The Bertz CT molecular complexity index is 1560. The van der Waals surface area contributed by atoms with Crippen molar-refractivity contribution >= 4 is 43.1 Å². The van der Waals surface area contributed by atoms with Gasteiger partial charge in [-0.2, -0.15) is 5.26 Å². The lowest BCUT2D eigenvalue weighted by molar-refractivity contribution is 0.135. The molecule has 0 spiro atoms. The minimum atomic E-state index is -0.489. The first-order valence-electron chi connectivity index (χ1n) is 13.2. The van der Waals surface area contributed by atoms with E-state index in [0.717, 1.165) is 63.3 Å². The number of rotatable bonds is 4. The van der Waals surface area contributed by atoms with Crippen LogP contribution in [0.2, 0.25) is 0 Å². The zero-order valence-electron chi connectivity index (χ0n) is 22.0. The molecule has 7 nitrogen and oxygen atoms in total. The number of unbranched alkanes of at least 4 members (excludes halogenated alkanes) is 1. The summed E-state index contributed by atoms with van der Waals surface area (Å²) in [5.41, 5.74) is 11.6. The fourth-order valence-electron chi connectivity index (χ4n) is 5.26. The number of anilines is 2. The third kappa shape index (κ3) is 4.37. The molecule has 38 heavy (non-hydrogen) atoms. The largest absolute Gasteiger partial charge is 0.391 e. The lowest BCUT2D eigenvalue weighted by Crippen LogP contribution is -2.22. The Hall–Kier alpha value is -3.32. The molecule has 1 aromatic carbocycles. The van der Waals surface area contributed by atoms with E-state index in [0.29, 0.717) is 42.0 Å². The van der Waals surface area contributed by atoms with Crippen molar-refractivity contribution in [2.24, 2.45) is 0 Å². The molecule has 0 aliphatic carbocycles. The molecule has 1 saturated heterocycles. The van der Waals surface area contributed by atoms with Crippen molar-refractivity contribution in [3.8, 4) is 17.3 Å². The van der Waals surface area contributed by atoms with Crippen molar-refractivity contribution in [3.05, 3.63) is 46.4 Å². The molecule has 4 aromatic rings. The van der Waals surface area contributed by atoms with Gasteiger partial charge in [0.2, 0.25) is 0 Å². The molecular formula is C29H32FN5O2S. The van der Waals surface area contributed by atoms with Crippen LogP contribution in [0.5, 0.6) is 0 Å². The molecule has 3 N–H and O–H groups in total. The maximum absolute atomic E-state index is 14.7. The number of fused-ring (bicyclic) bond motifs is 4. The van der Waals surface area contributed by atoms with Gasteiger partial charge in [-0.15, -0.1) is 11.3 Å². The summed E-state index contributed by atoms with van der Waals surface area (Å²) in [7, 11) is 0. The fraction of sp³-hybridized carbons (Fsp3) is 0.414. The van der Waals surface area contributed by atoms with Crippen LogP contribution in [0.15, 0.2) is 18.3 Å². The first-order valence-corrected chi connectivity index (χ1v) is 14.0. The van der Waals surface area contributed by atoms with Crippen LogP contribution in [0.25, 0.3) is 32.2 Å². The number of hydrogen-bond donors (Lipinski definition) is 2. The van der Waals surface area contributed by atoms with Gasteiger partial charge in [-0.1, -0.05) is 33.6 Å². The highest BCUT2D eigenvalue weighted by atomic mass is 32.1. The topological polar surface area (TPSA) is 108 Å². The molecule has 0 amide bonds. The Kier molecular flexibility index (Phi) is 7.48. The summed E-state index contributed by atoms with van der Waals surface area (Å²) in [6.45, 7) is 8.59. The number of aromatic nitrogens is 2. The van der Waals surface area contributed by atoms with Crippen LogP contribution in [-0.4, -0.2) is 34.3 Å². The summed E-state index contributed by atoms with van der Waals surface area (Å²) >= 11 is 1.07. The molecule has 5 heterocycles. The van der Waals surface area contributed by atoms with Crippen LogP contribution >= 0.6 is 11.3 Å². The Morgan fingerprint density at radius 2 is 2.00 bits per heavy atom. The van der Waals surface area contributed by atoms with Crippen molar-refractivity contribution in [1.82, 2.24) is 9.97 Å². The SMILES string of the molecule is CCCC.CCc1c(-c2ncc(F)c3sc(N)c(C#N)c23)c2c(c3ccc(N4CCC(O)C4)nc13)COC2. The average molecular weight is 534 g/mol. The van der Waals surface area contributed by atoms with Crippen LogP contribution in [0.1, 0.15) is 62.3 Å². The number of nitriles is 1. The van der Waals surface area contributed by atoms with E-state index < -0.39 is 5.82 Å². The predicted molar refractivity (Wildman–Crippen MR) is 151 cm³/mol. The second-order valence-corrected chi connectivity index (χ2v) is 10.8. The first kappa shape index (κ1) is 26.3. The molecule has 0 saturated carbocycles. The molecule has 0 radical (unpaired) electrons. The van der Waals surface area contributed by atoms with Gasteiger partial charge in [-0.05, 0) is 41.7 Å². The summed E-state index contributed by atoms with van der Waals surface area (Å²) in [5, 5.41) is 21.6. The number of hydrogen-bond acceptors (Lipinski definition) is 8. The van der Waals surface area contributed by atoms with Crippen LogP contribution in [-0.2, 0) is 24.4 Å². The number of nitrogens with zero attached hydrogens (tertiary/aromatic N) is 4.